The van der Waals surface area contributed by atoms with Crippen LogP contribution in [0, 0.1) is 0 Å². The van der Waals surface area contributed by atoms with Gasteiger partial charge in [-0.3, -0.25) is 9.36 Å². The summed E-state index contributed by atoms with van der Waals surface area (Å²) >= 11 is 0. The van der Waals surface area contributed by atoms with Crippen molar-refractivity contribution in [3.63, 3.8) is 0 Å². The SMILES string of the molecule is COC(=O)c1cc(-c2cccn2C(=O)OC(C)(C)C)c2oc(N3CCOC4(CC4)C3)cc(=O)c2c1. The molecule has 3 heterocycles. The lowest BCUT2D eigenvalue weighted by Crippen LogP contribution is -2.44. The molecule has 1 aliphatic heterocycles. The average molecular weight is 481 g/mol. The number of rotatable bonds is 3. The fourth-order valence-corrected chi connectivity index (χ4v) is 4.37. The second kappa shape index (κ2) is 8.27. The number of hydrogen-bond donors (Lipinski definition) is 0. The smallest absolute Gasteiger partial charge is 0.418 e. The molecule has 1 spiro atoms. The van der Waals surface area contributed by atoms with E-state index in [4.69, 9.17) is 18.6 Å². The van der Waals surface area contributed by atoms with Gasteiger partial charge in [0.15, 0.2) is 11.3 Å². The standard InChI is InChI=1S/C26H28N2O7/c1-25(2,3)35-24(31)28-9-5-6-19(28)17-12-16(23(30)32-4)13-18-20(29)14-21(34-22(17)18)27-10-11-33-26(15-27)7-8-26/h5-6,9,12-14H,7-8,10-11,15H2,1-4H3. The predicted octanol–water partition coefficient (Wildman–Crippen LogP) is 4.20. The third kappa shape index (κ3) is 4.43. The second-order valence-electron chi connectivity index (χ2n) is 10.0. The largest absolute Gasteiger partial charge is 0.465 e. The van der Waals surface area contributed by atoms with Crippen LogP contribution in [-0.2, 0) is 14.2 Å². The van der Waals surface area contributed by atoms with E-state index in [1.54, 1.807) is 45.2 Å². The molecule has 184 valence electrons. The molecule has 0 atom stereocenters. The zero-order valence-electron chi connectivity index (χ0n) is 20.3. The van der Waals surface area contributed by atoms with Gasteiger partial charge in [0.05, 0.1) is 36.0 Å². The lowest BCUT2D eigenvalue weighted by Gasteiger charge is -2.33. The zero-order chi connectivity index (χ0) is 25.0. The van der Waals surface area contributed by atoms with Gasteiger partial charge in [-0.25, -0.2) is 9.59 Å². The Morgan fingerprint density at radius 1 is 1.14 bits per heavy atom. The summed E-state index contributed by atoms with van der Waals surface area (Å²) in [7, 11) is 1.27. The molecule has 0 bridgehead atoms. The van der Waals surface area contributed by atoms with Crippen molar-refractivity contribution in [3.8, 4) is 11.3 Å². The Morgan fingerprint density at radius 2 is 1.91 bits per heavy atom. The molecule has 9 nitrogen and oxygen atoms in total. The van der Waals surface area contributed by atoms with Crippen LogP contribution in [-0.4, -0.2) is 54.6 Å². The molecule has 35 heavy (non-hydrogen) atoms. The maximum Gasteiger partial charge on any atom is 0.418 e. The molecule has 5 rings (SSSR count). The molecule has 1 aliphatic carbocycles. The number of ether oxygens (including phenoxy) is 3. The fourth-order valence-electron chi connectivity index (χ4n) is 4.37. The summed E-state index contributed by atoms with van der Waals surface area (Å²) in [4.78, 5) is 40.6. The van der Waals surface area contributed by atoms with Gasteiger partial charge in [0.1, 0.15) is 11.2 Å². The highest BCUT2D eigenvalue weighted by Crippen LogP contribution is 2.43. The van der Waals surface area contributed by atoms with Gasteiger partial charge < -0.3 is 23.5 Å². The van der Waals surface area contributed by atoms with Crippen molar-refractivity contribution in [3.05, 3.63) is 52.3 Å². The average Bonchev–Trinajstić information content (AvgIpc) is 3.35. The van der Waals surface area contributed by atoms with E-state index in [-0.39, 0.29) is 27.6 Å². The van der Waals surface area contributed by atoms with E-state index in [1.807, 2.05) is 4.90 Å². The van der Waals surface area contributed by atoms with Crippen molar-refractivity contribution in [2.24, 2.45) is 0 Å². The number of fused-ring (bicyclic) bond motifs is 1. The number of carbonyl (C=O) groups excluding carboxylic acids is 2. The first-order valence-corrected chi connectivity index (χ1v) is 11.6. The quantitative estimate of drug-likeness (QED) is 0.514. The van der Waals surface area contributed by atoms with Gasteiger partial charge in [-0.2, -0.15) is 0 Å². The molecule has 0 unspecified atom stereocenters. The maximum absolute atomic E-state index is 13.2. The van der Waals surface area contributed by atoms with Crippen molar-refractivity contribution < 1.29 is 28.2 Å². The molecule has 0 N–H and O–H groups in total. The van der Waals surface area contributed by atoms with Gasteiger partial charge in [-0.05, 0) is 57.9 Å². The minimum absolute atomic E-state index is 0.158. The van der Waals surface area contributed by atoms with E-state index < -0.39 is 17.7 Å². The van der Waals surface area contributed by atoms with Gasteiger partial charge in [-0.15, -0.1) is 0 Å². The van der Waals surface area contributed by atoms with Gasteiger partial charge in [0, 0.05) is 30.9 Å². The van der Waals surface area contributed by atoms with Crippen molar-refractivity contribution in [2.75, 3.05) is 31.7 Å². The first-order chi connectivity index (χ1) is 16.6. The van der Waals surface area contributed by atoms with Crippen molar-refractivity contribution in [1.82, 2.24) is 4.57 Å². The third-order valence-electron chi connectivity index (χ3n) is 6.22. The number of hydrogen-bond acceptors (Lipinski definition) is 8. The second-order valence-corrected chi connectivity index (χ2v) is 10.0. The Balaban J connectivity index is 1.68. The number of esters is 1. The molecule has 9 heteroatoms. The number of carbonyl (C=O) groups is 2. The Morgan fingerprint density at radius 3 is 2.60 bits per heavy atom. The minimum Gasteiger partial charge on any atom is -0.465 e. The van der Waals surface area contributed by atoms with Gasteiger partial charge >= 0.3 is 12.1 Å². The van der Waals surface area contributed by atoms with Crippen molar-refractivity contribution in [2.45, 2.75) is 44.8 Å². The normalized spacial score (nSPS) is 17.0. The Hall–Kier alpha value is -3.59. The van der Waals surface area contributed by atoms with Gasteiger partial charge in [-0.1, -0.05) is 0 Å². The maximum atomic E-state index is 13.2. The number of anilines is 1. The molecule has 1 aromatic carbocycles. The Kier molecular flexibility index (Phi) is 5.47. The zero-order valence-corrected chi connectivity index (χ0v) is 20.3. The summed E-state index contributed by atoms with van der Waals surface area (Å²) in [6.07, 6.45) is 2.95. The molecule has 3 aromatic rings. The highest BCUT2D eigenvalue weighted by Gasteiger charge is 2.48. The van der Waals surface area contributed by atoms with Crippen molar-refractivity contribution >= 4 is 28.9 Å². The van der Waals surface area contributed by atoms with Crippen LogP contribution in [0.2, 0.25) is 0 Å². The fraction of sp³-hybridized carbons (Fsp3) is 0.423. The monoisotopic (exact) mass is 480 g/mol. The summed E-state index contributed by atoms with van der Waals surface area (Å²) in [6, 6.07) is 7.88. The van der Waals surface area contributed by atoms with Crippen LogP contribution in [0.3, 0.4) is 0 Å². The van der Waals surface area contributed by atoms with Crippen LogP contribution in [0.1, 0.15) is 44.0 Å². The number of nitrogens with zero attached hydrogens (tertiary/aromatic N) is 2. The van der Waals surface area contributed by atoms with Crippen LogP contribution in [0.15, 0.2) is 45.7 Å². The number of aromatic nitrogens is 1. The van der Waals surface area contributed by atoms with E-state index in [0.717, 1.165) is 12.8 Å². The molecule has 1 saturated heterocycles. The van der Waals surface area contributed by atoms with Crippen LogP contribution >= 0.6 is 0 Å². The molecular weight excluding hydrogens is 452 g/mol. The van der Waals surface area contributed by atoms with E-state index in [9.17, 15) is 14.4 Å². The first-order valence-electron chi connectivity index (χ1n) is 11.6. The summed E-state index contributed by atoms with van der Waals surface area (Å²) in [5, 5.41) is 0.220. The van der Waals surface area contributed by atoms with Gasteiger partial charge in [0.25, 0.3) is 0 Å². The lowest BCUT2D eigenvalue weighted by molar-refractivity contribution is 0.0193. The van der Waals surface area contributed by atoms with Gasteiger partial charge in [0.2, 0.25) is 0 Å². The Labute approximate surface area is 202 Å². The molecule has 2 aromatic heterocycles. The highest BCUT2D eigenvalue weighted by molar-refractivity contribution is 6.01. The molecule has 2 fully saturated rings. The summed E-state index contributed by atoms with van der Waals surface area (Å²) < 4.78 is 24.0. The summed E-state index contributed by atoms with van der Waals surface area (Å²) in [6.45, 7) is 7.13. The number of benzene rings is 1. The predicted molar refractivity (Wildman–Crippen MR) is 129 cm³/mol. The Bertz CT molecular complexity index is 1370. The topological polar surface area (TPSA) is 100 Å². The highest BCUT2D eigenvalue weighted by atomic mass is 16.6. The summed E-state index contributed by atoms with van der Waals surface area (Å²) in [5.74, 6) is -0.171. The number of methoxy groups -OCH3 is 1. The third-order valence-corrected chi connectivity index (χ3v) is 6.22. The van der Waals surface area contributed by atoms with Crippen LogP contribution < -0.4 is 10.3 Å². The number of morpholine rings is 1. The van der Waals surface area contributed by atoms with E-state index in [2.05, 4.69) is 0 Å². The first kappa shape index (κ1) is 23.2. The molecule has 1 saturated carbocycles. The molecular formula is C26H28N2O7. The van der Waals surface area contributed by atoms with Crippen LogP contribution in [0.4, 0.5) is 10.7 Å². The molecule has 0 radical (unpaired) electrons. The van der Waals surface area contributed by atoms with Crippen molar-refractivity contribution in [1.29, 1.82) is 0 Å². The molecule has 0 amide bonds. The van der Waals surface area contributed by atoms with E-state index in [1.165, 1.54) is 23.8 Å². The lowest BCUT2D eigenvalue weighted by atomic mass is 10.0. The molecule has 2 aliphatic rings. The van der Waals surface area contributed by atoms with E-state index in [0.29, 0.717) is 36.8 Å². The summed E-state index contributed by atoms with van der Waals surface area (Å²) in [5.41, 5.74) is 0.135. The minimum atomic E-state index is -0.705. The van der Waals surface area contributed by atoms with Crippen LogP contribution in [0.25, 0.3) is 22.2 Å². The van der Waals surface area contributed by atoms with Crippen LogP contribution in [0.5, 0.6) is 0 Å². The van der Waals surface area contributed by atoms with E-state index >= 15 is 0 Å².